The Balaban J connectivity index is 0.00000156. The first kappa shape index (κ1) is 21.7. The van der Waals surface area contributed by atoms with Crippen LogP contribution in [0.2, 0.25) is 0 Å². The van der Waals surface area contributed by atoms with Crippen molar-refractivity contribution in [3.8, 4) is 0 Å². The summed E-state index contributed by atoms with van der Waals surface area (Å²) in [7, 11) is 0. The van der Waals surface area contributed by atoms with Crippen LogP contribution in [0, 0.1) is 0 Å². The molecule has 7 heteroatoms. The van der Waals surface area contributed by atoms with Gasteiger partial charge in [0.15, 0.2) is 0 Å². The van der Waals surface area contributed by atoms with Crippen LogP contribution in [0.25, 0.3) is 0 Å². The third kappa shape index (κ3) is 5.83. The van der Waals surface area contributed by atoms with Crippen LogP contribution in [0.4, 0.5) is 5.82 Å². The van der Waals surface area contributed by atoms with Crippen molar-refractivity contribution in [2.45, 2.75) is 12.6 Å². The number of benzene rings is 1. The van der Waals surface area contributed by atoms with E-state index in [1.807, 2.05) is 42.6 Å². The molecule has 0 bridgehead atoms. The first-order chi connectivity index (χ1) is 11.3. The lowest BCUT2D eigenvalue weighted by Crippen LogP contribution is -2.46. The fourth-order valence-corrected chi connectivity index (χ4v) is 2.88. The van der Waals surface area contributed by atoms with Crippen molar-refractivity contribution in [1.82, 2.24) is 9.88 Å². The van der Waals surface area contributed by atoms with Gasteiger partial charge in [0.25, 0.3) is 0 Å². The van der Waals surface area contributed by atoms with Crippen molar-refractivity contribution in [3.05, 3.63) is 59.8 Å². The van der Waals surface area contributed by atoms with E-state index < -0.39 is 6.10 Å². The molecule has 1 saturated heterocycles. The van der Waals surface area contributed by atoms with Crippen molar-refractivity contribution in [3.63, 3.8) is 0 Å². The Hall–Kier alpha value is -1.37. The van der Waals surface area contributed by atoms with Crippen LogP contribution in [0.15, 0.2) is 48.7 Å². The first-order valence-electron chi connectivity index (χ1n) is 8.02. The Morgan fingerprint density at radius 1 is 0.960 bits per heavy atom. The highest BCUT2D eigenvalue weighted by atomic mass is 35.5. The molecule has 0 amide bonds. The number of rotatable bonds is 5. The second-order valence-corrected chi connectivity index (χ2v) is 5.89. The quantitative estimate of drug-likeness (QED) is 0.826. The molecule has 2 aromatic rings. The molecule has 1 aromatic carbocycles. The van der Waals surface area contributed by atoms with Crippen molar-refractivity contribution in [1.29, 1.82) is 0 Å². The Morgan fingerprint density at radius 3 is 2.20 bits per heavy atom. The summed E-state index contributed by atoms with van der Waals surface area (Å²) in [5.74, 6) is 1.05. The molecule has 1 unspecified atom stereocenters. The molecule has 2 N–H and O–H groups in total. The zero-order valence-corrected chi connectivity index (χ0v) is 15.6. The maximum atomic E-state index is 9.61. The summed E-state index contributed by atoms with van der Waals surface area (Å²) in [4.78, 5) is 9.15. The van der Waals surface area contributed by atoms with Gasteiger partial charge in [-0.3, -0.25) is 4.90 Å². The minimum Gasteiger partial charge on any atom is -0.393 e. The fourth-order valence-electron chi connectivity index (χ4n) is 2.88. The predicted octanol–water partition coefficient (Wildman–Crippen LogP) is 2.27. The summed E-state index contributed by atoms with van der Waals surface area (Å²) in [5.41, 5.74) is 1.99. The molecule has 0 radical (unpaired) electrons. The van der Waals surface area contributed by atoms with Crippen molar-refractivity contribution < 1.29 is 10.2 Å². The number of piperazine rings is 1. The maximum absolute atomic E-state index is 9.61. The Morgan fingerprint density at radius 2 is 1.64 bits per heavy atom. The number of aliphatic hydroxyl groups is 2. The number of hydrogen-bond acceptors (Lipinski definition) is 5. The number of aliphatic hydroxyl groups excluding tert-OH is 2. The molecule has 5 nitrogen and oxygen atoms in total. The molecular formula is C18H25Cl2N3O2. The van der Waals surface area contributed by atoms with Crippen LogP contribution < -0.4 is 4.90 Å². The Labute approximate surface area is 161 Å². The zero-order chi connectivity index (χ0) is 16.1. The van der Waals surface area contributed by atoms with Gasteiger partial charge in [-0.1, -0.05) is 30.3 Å². The molecule has 1 fully saturated rings. The largest absolute Gasteiger partial charge is 0.393 e. The van der Waals surface area contributed by atoms with E-state index >= 15 is 0 Å². The van der Waals surface area contributed by atoms with Crippen LogP contribution >= 0.6 is 24.8 Å². The molecule has 1 aliphatic heterocycles. The fraction of sp³-hybridized carbons (Fsp3) is 0.389. The second kappa shape index (κ2) is 10.6. The molecule has 0 aliphatic carbocycles. The minimum absolute atomic E-state index is 0. The van der Waals surface area contributed by atoms with Gasteiger partial charge in [-0.15, -0.1) is 24.8 Å². The highest BCUT2D eigenvalue weighted by molar-refractivity contribution is 5.85. The molecule has 3 rings (SSSR count). The lowest BCUT2D eigenvalue weighted by Gasteiger charge is -2.35. The third-order valence-electron chi connectivity index (χ3n) is 4.29. The number of halogens is 2. The summed E-state index contributed by atoms with van der Waals surface area (Å²) in [6, 6.07) is 13.9. The van der Waals surface area contributed by atoms with E-state index in [0.717, 1.165) is 44.1 Å². The summed E-state index contributed by atoms with van der Waals surface area (Å²) in [6.07, 6.45) is 1.05. The number of anilines is 1. The van der Waals surface area contributed by atoms with Gasteiger partial charge in [0.05, 0.1) is 6.61 Å². The minimum atomic E-state index is -0.786. The molecule has 1 aromatic heterocycles. The van der Waals surface area contributed by atoms with E-state index in [0.29, 0.717) is 0 Å². The monoisotopic (exact) mass is 385 g/mol. The highest BCUT2D eigenvalue weighted by Crippen LogP contribution is 2.16. The van der Waals surface area contributed by atoms with Crippen LogP contribution in [0.3, 0.4) is 0 Å². The molecule has 2 heterocycles. The maximum Gasteiger partial charge on any atom is 0.128 e. The summed E-state index contributed by atoms with van der Waals surface area (Å²) >= 11 is 0. The van der Waals surface area contributed by atoms with E-state index in [-0.39, 0.29) is 31.4 Å². The normalized spacial score (nSPS) is 15.8. The lowest BCUT2D eigenvalue weighted by molar-refractivity contribution is 0.0956. The van der Waals surface area contributed by atoms with Gasteiger partial charge >= 0.3 is 0 Å². The average Bonchev–Trinajstić information content (AvgIpc) is 2.63. The Bertz CT molecular complexity index is 605. The molecule has 1 aliphatic rings. The van der Waals surface area contributed by atoms with Gasteiger partial charge in [-0.2, -0.15) is 0 Å². The van der Waals surface area contributed by atoms with Gasteiger partial charge < -0.3 is 15.1 Å². The van der Waals surface area contributed by atoms with Gasteiger partial charge in [0.2, 0.25) is 0 Å². The summed E-state index contributed by atoms with van der Waals surface area (Å²) in [5, 5.41) is 18.6. The SMILES string of the molecule is Cl.Cl.OCC(O)c1ccc(CN2CCN(c3ccccn3)CC2)cc1. The smallest absolute Gasteiger partial charge is 0.128 e. The van der Waals surface area contributed by atoms with Gasteiger partial charge in [0.1, 0.15) is 11.9 Å². The highest BCUT2D eigenvalue weighted by Gasteiger charge is 2.17. The van der Waals surface area contributed by atoms with E-state index in [1.54, 1.807) is 0 Å². The Kier molecular flexibility index (Phi) is 9.17. The van der Waals surface area contributed by atoms with E-state index in [4.69, 9.17) is 5.11 Å². The van der Waals surface area contributed by atoms with Gasteiger partial charge in [-0.25, -0.2) is 4.98 Å². The molecule has 25 heavy (non-hydrogen) atoms. The van der Waals surface area contributed by atoms with Gasteiger partial charge in [-0.05, 0) is 23.3 Å². The zero-order valence-electron chi connectivity index (χ0n) is 14.0. The number of aromatic nitrogens is 1. The van der Waals surface area contributed by atoms with Crippen molar-refractivity contribution >= 4 is 30.6 Å². The molecule has 0 saturated carbocycles. The van der Waals surface area contributed by atoms with Crippen LogP contribution in [-0.4, -0.2) is 52.9 Å². The molecular weight excluding hydrogens is 361 g/mol. The predicted molar refractivity (Wildman–Crippen MR) is 105 cm³/mol. The van der Waals surface area contributed by atoms with Gasteiger partial charge in [0, 0.05) is 38.9 Å². The third-order valence-corrected chi connectivity index (χ3v) is 4.29. The average molecular weight is 386 g/mol. The number of nitrogens with zero attached hydrogens (tertiary/aromatic N) is 3. The van der Waals surface area contributed by atoms with E-state index in [9.17, 15) is 5.11 Å². The lowest BCUT2D eigenvalue weighted by atomic mass is 10.1. The molecule has 138 valence electrons. The summed E-state index contributed by atoms with van der Waals surface area (Å²) < 4.78 is 0. The standard InChI is InChI=1S/C18H23N3O2.2ClH/c22-14-17(23)16-6-4-15(5-7-16)13-20-9-11-21(12-10-20)18-3-1-2-8-19-18;;/h1-8,17,22-23H,9-14H2;2*1H. The second-order valence-electron chi connectivity index (χ2n) is 5.89. The first-order valence-corrected chi connectivity index (χ1v) is 8.02. The van der Waals surface area contributed by atoms with E-state index in [1.165, 1.54) is 5.56 Å². The molecule has 0 spiro atoms. The number of hydrogen-bond donors (Lipinski definition) is 2. The van der Waals surface area contributed by atoms with Crippen LogP contribution in [0.1, 0.15) is 17.2 Å². The van der Waals surface area contributed by atoms with Crippen LogP contribution in [-0.2, 0) is 6.54 Å². The van der Waals surface area contributed by atoms with Crippen molar-refractivity contribution in [2.24, 2.45) is 0 Å². The van der Waals surface area contributed by atoms with Crippen LogP contribution in [0.5, 0.6) is 0 Å². The van der Waals surface area contributed by atoms with E-state index in [2.05, 4.69) is 20.9 Å². The number of pyridine rings is 1. The summed E-state index contributed by atoms with van der Waals surface area (Å²) in [6.45, 7) is 4.66. The van der Waals surface area contributed by atoms with Crippen molar-refractivity contribution in [2.75, 3.05) is 37.7 Å². The molecule has 1 atom stereocenters. The topological polar surface area (TPSA) is 59.8 Å².